The molecule has 2 aromatic carbocycles. The number of amides is 1. The van der Waals surface area contributed by atoms with E-state index in [9.17, 15) is 9.59 Å². The van der Waals surface area contributed by atoms with Crippen LogP contribution in [-0.4, -0.2) is 51.8 Å². The maximum absolute atomic E-state index is 13.2. The molecule has 1 unspecified atom stereocenters. The van der Waals surface area contributed by atoms with E-state index in [1.54, 1.807) is 22.8 Å². The van der Waals surface area contributed by atoms with Crippen molar-refractivity contribution in [2.45, 2.75) is 37.7 Å². The van der Waals surface area contributed by atoms with E-state index in [1.807, 2.05) is 30.0 Å². The van der Waals surface area contributed by atoms with Gasteiger partial charge in [-0.1, -0.05) is 55.4 Å². The molecule has 0 N–H and O–H groups in total. The Kier molecular flexibility index (Phi) is 7.29. The Morgan fingerprint density at radius 1 is 1.06 bits per heavy atom. The molecule has 1 aromatic heterocycles. The lowest BCUT2D eigenvalue weighted by Crippen LogP contribution is -2.50. The Hall–Kier alpha value is -2.51. The number of rotatable bonds is 6. The van der Waals surface area contributed by atoms with Crippen LogP contribution in [0.1, 0.15) is 20.8 Å². The number of fused-ring (bicyclic) bond motifs is 1. The summed E-state index contributed by atoms with van der Waals surface area (Å²) in [6.45, 7) is 9.53. The van der Waals surface area contributed by atoms with Gasteiger partial charge in [0.25, 0.3) is 5.56 Å². The minimum atomic E-state index is -0.344. The van der Waals surface area contributed by atoms with Crippen LogP contribution in [0.2, 0.25) is 5.02 Å². The highest BCUT2D eigenvalue weighted by atomic mass is 35.5. The average molecular weight is 485 g/mol. The quantitative estimate of drug-likeness (QED) is 0.380. The maximum Gasteiger partial charge on any atom is 0.262 e. The van der Waals surface area contributed by atoms with Gasteiger partial charge >= 0.3 is 0 Å². The smallest absolute Gasteiger partial charge is 0.262 e. The fourth-order valence-electron chi connectivity index (χ4n) is 4.08. The third-order valence-corrected chi connectivity index (χ3v) is 7.08. The topological polar surface area (TPSA) is 58.4 Å². The van der Waals surface area contributed by atoms with Crippen molar-refractivity contribution in [2.24, 2.45) is 5.92 Å². The van der Waals surface area contributed by atoms with Crippen molar-refractivity contribution in [3.63, 3.8) is 0 Å². The maximum atomic E-state index is 13.2. The zero-order chi connectivity index (χ0) is 23.5. The number of carbonyl (C=O) groups is 1. The molecule has 0 saturated carbocycles. The molecular weight excluding hydrogens is 456 g/mol. The van der Waals surface area contributed by atoms with Crippen LogP contribution in [0.3, 0.4) is 0 Å². The van der Waals surface area contributed by atoms with Crippen LogP contribution >= 0.6 is 23.4 Å². The summed E-state index contributed by atoms with van der Waals surface area (Å²) in [5.74, 6) is 0.340. The third kappa shape index (κ3) is 5.36. The summed E-state index contributed by atoms with van der Waals surface area (Å²) < 4.78 is 1.69. The standard InChI is InChI=1S/C25H29ClN4O2S/c1-17(2)16-30-24(32)21-15-19(26)9-10-22(21)27-25(30)33-18(3)23(31)29-13-11-28(12-14-29)20-7-5-4-6-8-20/h4-10,15,17-18H,11-14,16H2,1-3H3. The first-order chi connectivity index (χ1) is 15.8. The van der Waals surface area contributed by atoms with Gasteiger partial charge in [0.2, 0.25) is 5.91 Å². The minimum Gasteiger partial charge on any atom is -0.368 e. The van der Waals surface area contributed by atoms with E-state index in [4.69, 9.17) is 16.6 Å². The zero-order valence-corrected chi connectivity index (χ0v) is 20.8. The minimum absolute atomic E-state index is 0.0780. The van der Waals surface area contributed by atoms with E-state index in [0.29, 0.717) is 40.7 Å². The first-order valence-corrected chi connectivity index (χ1v) is 12.5. The lowest BCUT2D eigenvalue weighted by molar-refractivity contribution is -0.130. The Morgan fingerprint density at radius 3 is 2.42 bits per heavy atom. The van der Waals surface area contributed by atoms with Crippen molar-refractivity contribution in [1.29, 1.82) is 0 Å². The van der Waals surface area contributed by atoms with E-state index >= 15 is 0 Å². The number of nitrogens with zero attached hydrogens (tertiary/aromatic N) is 4. The summed E-state index contributed by atoms with van der Waals surface area (Å²) in [5.41, 5.74) is 1.67. The summed E-state index contributed by atoms with van der Waals surface area (Å²) >= 11 is 7.47. The predicted molar refractivity (Wildman–Crippen MR) is 136 cm³/mol. The van der Waals surface area contributed by atoms with Gasteiger partial charge in [-0.25, -0.2) is 4.98 Å². The number of hydrogen-bond acceptors (Lipinski definition) is 5. The second-order valence-corrected chi connectivity index (χ2v) is 10.5. The molecule has 0 aliphatic carbocycles. The zero-order valence-electron chi connectivity index (χ0n) is 19.2. The number of benzene rings is 2. The van der Waals surface area contributed by atoms with Gasteiger partial charge < -0.3 is 9.80 Å². The monoisotopic (exact) mass is 484 g/mol. The SMILES string of the molecule is CC(C)Cn1c(SC(C)C(=O)N2CCN(c3ccccc3)CC2)nc2ccc(Cl)cc2c1=O. The third-order valence-electron chi connectivity index (χ3n) is 5.77. The van der Waals surface area contributed by atoms with Gasteiger partial charge in [0.05, 0.1) is 16.2 Å². The van der Waals surface area contributed by atoms with Crippen molar-refractivity contribution in [1.82, 2.24) is 14.5 Å². The molecule has 1 atom stereocenters. The molecule has 174 valence electrons. The second-order valence-electron chi connectivity index (χ2n) is 8.77. The Balaban J connectivity index is 1.51. The Labute approximate surface area is 203 Å². The van der Waals surface area contributed by atoms with Crippen LogP contribution in [0.15, 0.2) is 58.5 Å². The van der Waals surface area contributed by atoms with Crippen LogP contribution in [0, 0.1) is 5.92 Å². The lowest BCUT2D eigenvalue weighted by Gasteiger charge is -2.37. The summed E-state index contributed by atoms with van der Waals surface area (Å²) in [5, 5.41) is 1.25. The lowest BCUT2D eigenvalue weighted by atomic mass is 10.2. The van der Waals surface area contributed by atoms with Crippen LogP contribution in [0.5, 0.6) is 0 Å². The molecular formula is C25H29ClN4O2S. The van der Waals surface area contributed by atoms with E-state index in [2.05, 4.69) is 30.9 Å². The molecule has 6 nitrogen and oxygen atoms in total. The number of piperazine rings is 1. The summed E-state index contributed by atoms with van der Waals surface area (Å²) in [6.07, 6.45) is 0. The normalized spacial score (nSPS) is 15.3. The van der Waals surface area contributed by atoms with E-state index in [1.165, 1.54) is 17.4 Å². The van der Waals surface area contributed by atoms with E-state index in [-0.39, 0.29) is 22.6 Å². The highest BCUT2D eigenvalue weighted by Gasteiger charge is 2.27. The highest BCUT2D eigenvalue weighted by molar-refractivity contribution is 8.00. The van der Waals surface area contributed by atoms with E-state index < -0.39 is 0 Å². The van der Waals surface area contributed by atoms with Crippen molar-refractivity contribution in [3.8, 4) is 0 Å². The highest BCUT2D eigenvalue weighted by Crippen LogP contribution is 2.26. The van der Waals surface area contributed by atoms with E-state index in [0.717, 1.165) is 13.1 Å². The van der Waals surface area contributed by atoms with Crippen molar-refractivity contribution in [2.75, 3.05) is 31.1 Å². The average Bonchev–Trinajstić information content (AvgIpc) is 2.82. The molecule has 8 heteroatoms. The molecule has 1 saturated heterocycles. The predicted octanol–water partition coefficient (Wildman–Crippen LogP) is 4.54. The fourth-order valence-corrected chi connectivity index (χ4v) is 5.25. The van der Waals surface area contributed by atoms with Gasteiger partial charge in [-0.2, -0.15) is 0 Å². The van der Waals surface area contributed by atoms with Crippen molar-refractivity contribution < 1.29 is 4.79 Å². The Bertz CT molecular complexity index is 1190. The largest absolute Gasteiger partial charge is 0.368 e. The van der Waals surface area contributed by atoms with Crippen LogP contribution in [0.25, 0.3) is 10.9 Å². The number of halogens is 1. The molecule has 4 rings (SSSR count). The molecule has 0 spiro atoms. The van der Waals surface area contributed by atoms with Crippen LogP contribution < -0.4 is 10.5 Å². The first-order valence-electron chi connectivity index (χ1n) is 11.3. The molecule has 1 aliphatic rings. The fraction of sp³-hybridized carbons (Fsp3) is 0.400. The van der Waals surface area contributed by atoms with Crippen molar-refractivity contribution >= 4 is 45.9 Å². The number of anilines is 1. The molecule has 33 heavy (non-hydrogen) atoms. The molecule has 1 amide bonds. The number of para-hydroxylation sites is 1. The number of thioether (sulfide) groups is 1. The van der Waals surface area contributed by atoms with Crippen LogP contribution in [-0.2, 0) is 11.3 Å². The summed E-state index contributed by atoms with van der Waals surface area (Å²) in [4.78, 5) is 35.4. The number of carbonyl (C=O) groups excluding carboxylic acids is 1. The van der Waals surface area contributed by atoms with Crippen LogP contribution in [0.4, 0.5) is 5.69 Å². The summed E-state index contributed by atoms with van der Waals surface area (Å²) in [6, 6.07) is 15.4. The van der Waals surface area contributed by atoms with Gasteiger partial charge in [-0.3, -0.25) is 14.2 Å². The number of hydrogen-bond donors (Lipinski definition) is 0. The Morgan fingerprint density at radius 2 is 1.76 bits per heavy atom. The van der Waals surface area contributed by atoms with Gasteiger partial charge in [0.1, 0.15) is 0 Å². The van der Waals surface area contributed by atoms with Gasteiger partial charge in [-0.15, -0.1) is 0 Å². The summed E-state index contributed by atoms with van der Waals surface area (Å²) in [7, 11) is 0. The first kappa shape index (κ1) is 23.6. The number of aromatic nitrogens is 2. The van der Waals surface area contributed by atoms with Gasteiger partial charge in [0.15, 0.2) is 5.16 Å². The van der Waals surface area contributed by atoms with Crippen molar-refractivity contribution in [3.05, 3.63) is 63.9 Å². The van der Waals surface area contributed by atoms with Gasteiger partial charge in [-0.05, 0) is 43.2 Å². The molecule has 2 heterocycles. The second kappa shape index (κ2) is 10.2. The molecule has 3 aromatic rings. The molecule has 0 bridgehead atoms. The molecule has 1 fully saturated rings. The molecule has 0 radical (unpaired) electrons. The molecule has 1 aliphatic heterocycles. The van der Waals surface area contributed by atoms with Gasteiger partial charge in [0, 0.05) is 43.4 Å².